The van der Waals surface area contributed by atoms with Gasteiger partial charge in [-0.3, -0.25) is 9.89 Å². The standard InChI is InChI=1S/C11H8Cl2FN3O/c1-5-2-10(17-16-5)15-11(18)6-3-9(14)8(13)4-7(6)12/h2-4H,1H3,(H2,15,16,17,18). The molecule has 0 aliphatic heterocycles. The van der Waals surface area contributed by atoms with Gasteiger partial charge >= 0.3 is 0 Å². The van der Waals surface area contributed by atoms with Gasteiger partial charge in [0.1, 0.15) is 5.82 Å². The molecule has 4 nitrogen and oxygen atoms in total. The van der Waals surface area contributed by atoms with E-state index < -0.39 is 11.7 Å². The Kier molecular flexibility index (Phi) is 3.54. The van der Waals surface area contributed by atoms with E-state index in [9.17, 15) is 9.18 Å². The van der Waals surface area contributed by atoms with E-state index >= 15 is 0 Å². The van der Waals surface area contributed by atoms with Gasteiger partial charge in [-0.05, 0) is 19.1 Å². The molecule has 0 aliphatic carbocycles. The minimum Gasteiger partial charge on any atom is -0.305 e. The second-order valence-electron chi connectivity index (χ2n) is 3.64. The minimum atomic E-state index is -0.704. The highest BCUT2D eigenvalue weighted by Crippen LogP contribution is 2.24. The highest BCUT2D eigenvalue weighted by molar-refractivity contribution is 6.37. The lowest BCUT2D eigenvalue weighted by Gasteiger charge is -2.05. The molecule has 1 amide bonds. The molecule has 0 aliphatic rings. The van der Waals surface area contributed by atoms with Gasteiger partial charge in [0.05, 0.1) is 15.6 Å². The number of carbonyl (C=O) groups is 1. The molecule has 0 fully saturated rings. The van der Waals surface area contributed by atoms with Crippen molar-refractivity contribution in [1.29, 1.82) is 0 Å². The van der Waals surface area contributed by atoms with E-state index in [4.69, 9.17) is 23.2 Å². The summed E-state index contributed by atoms with van der Waals surface area (Å²) in [6.07, 6.45) is 0. The second-order valence-corrected chi connectivity index (χ2v) is 4.45. The molecule has 1 aromatic carbocycles. The number of rotatable bonds is 2. The molecule has 0 spiro atoms. The third-order valence-electron chi connectivity index (χ3n) is 2.20. The SMILES string of the molecule is Cc1cc(NC(=O)c2cc(F)c(Cl)cc2Cl)n[nH]1. The molecular formula is C11H8Cl2FN3O. The molecule has 0 unspecified atom stereocenters. The van der Waals surface area contributed by atoms with Crippen molar-refractivity contribution in [3.05, 3.63) is 45.3 Å². The van der Waals surface area contributed by atoms with Crippen molar-refractivity contribution >= 4 is 34.9 Å². The number of halogens is 3. The fourth-order valence-electron chi connectivity index (χ4n) is 1.36. The van der Waals surface area contributed by atoms with Gasteiger partial charge < -0.3 is 5.32 Å². The fraction of sp³-hybridized carbons (Fsp3) is 0.0909. The van der Waals surface area contributed by atoms with Crippen LogP contribution in [0.4, 0.5) is 10.2 Å². The summed E-state index contributed by atoms with van der Waals surface area (Å²) < 4.78 is 13.3. The van der Waals surface area contributed by atoms with Gasteiger partial charge in [-0.25, -0.2) is 4.39 Å². The Labute approximate surface area is 112 Å². The predicted molar refractivity (Wildman–Crippen MR) is 67.7 cm³/mol. The molecule has 18 heavy (non-hydrogen) atoms. The lowest BCUT2D eigenvalue weighted by Crippen LogP contribution is -2.13. The van der Waals surface area contributed by atoms with E-state index in [0.29, 0.717) is 5.82 Å². The summed E-state index contributed by atoms with van der Waals surface area (Å²) in [5.74, 6) is -0.921. The number of carbonyl (C=O) groups excluding carboxylic acids is 1. The van der Waals surface area contributed by atoms with Crippen molar-refractivity contribution in [2.45, 2.75) is 6.92 Å². The van der Waals surface area contributed by atoms with Crippen molar-refractivity contribution in [1.82, 2.24) is 10.2 Å². The van der Waals surface area contributed by atoms with E-state index in [-0.39, 0.29) is 15.6 Å². The zero-order valence-corrected chi connectivity index (χ0v) is 10.7. The average molecular weight is 288 g/mol. The topological polar surface area (TPSA) is 57.8 Å². The molecule has 2 N–H and O–H groups in total. The first-order valence-electron chi connectivity index (χ1n) is 4.95. The highest BCUT2D eigenvalue weighted by atomic mass is 35.5. The Bertz CT molecular complexity index is 612. The summed E-state index contributed by atoms with van der Waals surface area (Å²) >= 11 is 11.4. The molecule has 0 saturated heterocycles. The van der Waals surface area contributed by atoms with Gasteiger partial charge in [-0.1, -0.05) is 23.2 Å². The zero-order chi connectivity index (χ0) is 13.3. The number of anilines is 1. The van der Waals surface area contributed by atoms with Crippen LogP contribution in [0.3, 0.4) is 0 Å². The Morgan fingerprint density at radius 1 is 1.33 bits per heavy atom. The number of aromatic nitrogens is 2. The van der Waals surface area contributed by atoms with Crippen LogP contribution in [0.2, 0.25) is 10.0 Å². The van der Waals surface area contributed by atoms with Crippen LogP contribution in [0.25, 0.3) is 0 Å². The van der Waals surface area contributed by atoms with Crippen molar-refractivity contribution in [2.75, 3.05) is 5.32 Å². The average Bonchev–Trinajstić information content (AvgIpc) is 2.69. The summed E-state index contributed by atoms with van der Waals surface area (Å²) in [6.45, 7) is 1.79. The van der Waals surface area contributed by atoms with E-state index in [2.05, 4.69) is 15.5 Å². The number of aromatic amines is 1. The van der Waals surface area contributed by atoms with Gasteiger partial charge in [0, 0.05) is 11.8 Å². The summed E-state index contributed by atoms with van der Waals surface area (Å²) in [5, 5.41) is 8.93. The van der Waals surface area contributed by atoms with Crippen LogP contribution in [0.15, 0.2) is 18.2 Å². The van der Waals surface area contributed by atoms with Crippen LogP contribution in [0, 0.1) is 12.7 Å². The second kappa shape index (κ2) is 4.96. The molecule has 0 bridgehead atoms. The first-order valence-corrected chi connectivity index (χ1v) is 5.71. The third-order valence-corrected chi connectivity index (χ3v) is 2.80. The van der Waals surface area contributed by atoms with Gasteiger partial charge in [0.15, 0.2) is 5.82 Å². The molecule has 7 heteroatoms. The van der Waals surface area contributed by atoms with Gasteiger partial charge in [-0.2, -0.15) is 5.10 Å². The van der Waals surface area contributed by atoms with Gasteiger partial charge in [0.2, 0.25) is 0 Å². The summed E-state index contributed by atoms with van der Waals surface area (Å²) in [7, 11) is 0. The summed E-state index contributed by atoms with van der Waals surface area (Å²) in [4.78, 5) is 11.8. The normalized spacial score (nSPS) is 10.4. The van der Waals surface area contributed by atoms with E-state index in [1.807, 2.05) is 0 Å². The maximum Gasteiger partial charge on any atom is 0.258 e. The van der Waals surface area contributed by atoms with Crippen LogP contribution < -0.4 is 5.32 Å². The fourth-order valence-corrected chi connectivity index (χ4v) is 1.83. The predicted octanol–water partition coefficient (Wildman–Crippen LogP) is 3.42. The molecule has 1 heterocycles. The van der Waals surface area contributed by atoms with Crippen molar-refractivity contribution < 1.29 is 9.18 Å². The van der Waals surface area contributed by atoms with E-state index in [0.717, 1.165) is 11.8 Å². The number of nitrogens with one attached hydrogen (secondary N) is 2. The monoisotopic (exact) mass is 287 g/mol. The quantitative estimate of drug-likeness (QED) is 0.832. The van der Waals surface area contributed by atoms with E-state index in [1.165, 1.54) is 6.07 Å². The third kappa shape index (κ3) is 2.63. The largest absolute Gasteiger partial charge is 0.305 e. The molecule has 2 rings (SSSR count). The van der Waals surface area contributed by atoms with Crippen molar-refractivity contribution in [3.8, 4) is 0 Å². The van der Waals surface area contributed by atoms with Crippen molar-refractivity contribution in [3.63, 3.8) is 0 Å². The number of nitrogens with zero attached hydrogens (tertiary/aromatic N) is 1. The van der Waals surface area contributed by atoms with Crippen LogP contribution in [0.1, 0.15) is 16.1 Å². The van der Waals surface area contributed by atoms with Crippen LogP contribution >= 0.6 is 23.2 Å². The first-order chi connectivity index (χ1) is 8.47. The Hall–Kier alpha value is -1.59. The maximum absolute atomic E-state index is 13.3. The Morgan fingerprint density at radius 3 is 2.67 bits per heavy atom. The Balaban J connectivity index is 2.26. The molecule has 94 valence electrons. The van der Waals surface area contributed by atoms with Crippen LogP contribution in [0.5, 0.6) is 0 Å². The van der Waals surface area contributed by atoms with Crippen LogP contribution in [-0.2, 0) is 0 Å². The number of H-pyrrole nitrogens is 1. The molecule has 0 atom stereocenters. The van der Waals surface area contributed by atoms with Gasteiger partial charge in [0.25, 0.3) is 5.91 Å². The van der Waals surface area contributed by atoms with Crippen LogP contribution in [-0.4, -0.2) is 16.1 Å². The smallest absolute Gasteiger partial charge is 0.258 e. The summed E-state index contributed by atoms with van der Waals surface area (Å²) in [5.41, 5.74) is 0.790. The number of hydrogen-bond donors (Lipinski definition) is 2. The number of aryl methyl sites for hydroxylation is 1. The maximum atomic E-state index is 13.3. The number of benzene rings is 1. The first kappa shape index (κ1) is 12.9. The lowest BCUT2D eigenvalue weighted by molar-refractivity contribution is 0.102. The summed E-state index contributed by atoms with van der Waals surface area (Å²) in [6, 6.07) is 3.81. The number of hydrogen-bond acceptors (Lipinski definition) is 2. The highest BCUT2D eigenvalue weighted by Gasteiger charge is 2.15. The molecule has 1 aromatic heterocycles. The molecule has 2 aromatic rings. The zero-order valence-electron chi connectivity index (χ0n) is 9.22. The molecular weight excluding hydrogens is 280 g/mol. The molecule has 0 saturated carbocycles. The Morgan fingerprint density at radius 2 is 2.06 bits per heavy atom. The minimum absolute atomic E-state index is 0.000722. The van der Waals surface area contributed by atoms with E-state index in [1.54, 1.807) is 13.0 Å². The number of amides is 1. The van der Waals surface area contributed by atoms with Gasteiger partial charge in [-0.15, -0.1) is 0 Å². The lowest BCUT2D eigenvalue weighted by atomic mass is 10.2. The van der Waals surface area contributed by atoms with Crippen molar-refractivity contribution in [2.24, 2.45) is 0 Å². The molecule has 0 radical (unpaired) electrons.